The van der Waals surface area contributed by atoms with E-state index in [1.165, 1.54) is 17.9 Å². The van der Waals surface area contributed by atoms with Gasteiger partial charge in [0.15, 0.2) is 0 Å². The smallest absolute Gasteiger partial charge is 0.392 e. The van der Waals surface area contributed by atoms with Crippen molar-refractivity contribution in [3.63, 3.8) is 0 Å². The normalized spacial score (nSPS) is 18.6. The highest BCUT2D eigenvalue weighted by molar-refractivity contribution is 6.38. The van der Waals surface area contributed by atoms with Crippen LogP contribution in [0, 0.1) is 12.8 Å². The number of aliphatic hydroxyl groups excluding tert-OH is 1. The van der Waals surface area contributed by atoms with Crippen LogP contribution < -0.4 is 0 Å². The summed E-state index contributed by atoms with van der Waals surface area (Å²) in [5.74, 6) is -1.23. The van der Waals surface area contributed by atoms with Gasteiger partial charge < -0.3 is 14.6 Å². The number of carbonyl (C=O) groups excluding carboxylic acids is 2. The lowest BCUT2D eigenvalue weighted by atomic mass is 9.91. The number of hydrogen-bond acceptors (Lipinski definition) is 3. The van der Waals surface area contributed by atoms with Crippen LogP contribution in [0.3, 0.4) is 0 Å². The lowest BCUT2D eigenvalue weighted by Gasteiger charge is -2.35. The number of hydrogen-bond donors (Lipinski definition) is 1. The summed E-state index contributed by atoms with van der Waals surface area (Å²) in [6.07, 6.45) is -4.78. The molecule has 36 heavy (non-hydrogen) atoms. The van der Waals surface area contributed by atoms with Gasteiger partial charge in [0.2, 0.25) is 0 Å². The molecule has 1 fully saturated rings. The van der Waals surface area contributed by atoms with Gasteiger partial charge in [-0.2, -0.15) is 13.2 Å². The van der Waals surface area contributed by atoms with E-state index < -0.39 is 23.8 Å². The molecular formula is C26H25Cl2F3N2O3. The predicted octanol–water partition coefficient (Wildman–Crippen LogP) is 5.82. The Balaban J connectivity index is 1.69. The van der Waals surface area contributed by atoms with Gasteiger partial charge in [0.25, 0.3) is 5.91 Å². The summed E-state index contributed by atoms with van der Waals surface area (Å²) in [5, 5.41) is 11.3. The molecule has 0 aliphatic carbocycles. The maximum absolute atomic E-state index is 13.3. The van der Waals surface area contributed by atoms with E-state index in [1.54, 1.807) is 30.7 Å². The van der Waals surface area contributed by atoms with Crippen LogP contribution in [0.15, 0.2) is 30.3 Å². The highest BCUT2D eigenvalue weighted by Crippen LogP contribution is 2.36. The summed E-state index contributed by atoms with van der Waals surface area (Å²) in [4.78, 5) is 26.7. The molecule has 2 heterocycles. The average Bonchev–Trinajstić information content (AvgIpc) is 3.12. The minimum atomic E-state index is -4.46. The van der Waals surface area contributed by atoms with Gasteiger partial charge in [0.05, 0.1) is 28.2 Å². The molecule has 2 atom stereocenters. The van der Waals surface area contributed by atoms with E-state index in [2.05, 4.69) is 0 Å². The molecule has 1 aliphatic rings. The Labute approximate surface area is 216 Å². The first-order valence-electron chi connectivity index (χ1n) is 11.4. The summed E-state index contributed by atoms with van der Waals surface area (Å²) in [5.41, 5.74) is 1.57. The molecule has 2 unspecified atom stereocenters. The highest BCUT2D eigenvalue weighted by atomic mass is 35.5. The summed E-state index contributed by atoms with van der Waals surface area (Å²) < 4.78 is 41.7. The van der Waals surface area contributed by atoms with Crippen molar-refractivity contribution >= 4 is 45.8 Å². The van der Waals surface area contributed by atoms with Crippen LogP contribution in [0.25, 0.3) is 10.9 Å². The first kappa shape index (κ1) is 26.5. The average molecular weight is 541 g/mol. The number of nitrogens with zero attached hydrogens (tertiary/aromatic N) is 2. The number of aromatic nitrogens is 1. The van der Waals surface area contributed by atoms with Gasteiger partial charge in [0, 0.05) is 48.2 Å². The summed E-state index contributed by atoms with van der Waals surface area (Å²) >= 11 is 13.1. The van der Waals surface area contributed by atoms with Gasteiger partial charge in [0.1, 0.15) is 5.78 Å². The lowest BCUT2D eigenvalue weighted by Crippen LogP contribution is -2.48. The van der Waals surface area contributed by atoms with Crippen LogP contribution in [0.5, 0.6) is 0 Å². The number of amides is 1. The van der Waals surface area contributed by atoms with E-state index in [-0.39, 0.29) is 48.2 Å². The van der Waals surface area contributed by atoms with Crippen LogP contribution >= 0.6 is 23.2 Å². The van der Waals surface area contributed by atoms with Gasteiger partial charge in [-0.05, 0) is 61.7 Å². The standard InChI is InChI=1S/C26H25Cl2F3N2O3/c1-13-8-15(26(29,30)31)9-22-18(13)10-16(32(22)3)11-19-21(27)5-4-17(24(19)28)25(36)33-7-6-23(35)20(12-33)14(2)34/h4-5,8-10,20,23,35H,6-7,11-12H2,1-3H3. The Morgan fingerprint density at radius 2 is 1.86 bits per heavy atom. The van der Waals surface area contributed by atoms with E-state index in [0.717, 1.165) is 12.1 Å². The Bertz CT molecular complexity index is 1370. The third kappa shape index (κ3) is 4.86. The Morgan fingerprint density at radius 1 is 1.17 bits per heavy atom. The summed E-state index contributed by atoms with van der Waals surface area (Å²) in [7, 11) is 1.68. The fourth-order valence-electron chi connectivity index (χ4n) is 4.80. The number of carbonyl (C=O) groups is 2. The van der Waals surface area contributed by atoms with Gasteiger partial charge >= 0.3 is 6.18 Å². The number of alkyl halides is 3. The zero-order chi connectivity index (χ0) is 26.5. The zero-order valence-corrected chi connectivity index (χ0v) is 21.4. The minimum Gasteiger partial charge on any atom is -0.392 e. The summed E-state index contributed by atoms with van der Waals surface area (Å²) in [6.45, 7) is 3.39. The van der Waals surface area contributed by atoms with E-state index in [0.29, 0.717) is 32.7 Å². The van der Waals surface area contributed by atoms with Crippen LogP contribution in [-0.2, 0) is 24.4 Å². The minimum absolute atomic E-state index is 0.0909. The molecule has 192 valence electrons. The van der Waals surface area contributed by atoms with Crippen molar-refractivity contribution in [1.29, 1.82) is 0 Å². The predicted molar refractivity (Wildman–Crippen MR) is 133 cm³/mol. The van der Waals surface area contributed by atoms with E-state index in [1.807, 2.05) is 0 Å². The number of benzene rings is 2. The summed E-state index contributed by atoms with van der Waals surface area (Å²) in [6, 6.07) is 7.12. The zero-order valence-electron chi connectivity index (χ0n) is 19.9. The molecule has 1 saturated heterocycles. The number of Topliss-reactive ketones (excluding diaryl/α,β-unsaturated/α-hetero) is 1. The SMILES string of the molecule is CC(=O)C1CN(C(=O)c2ccc(Cl)c(Cc3cc4c(C)cc(C(F)(F)F)cc4n3C)c2Cl)CCC1O. The molecule has 10 heteroatoms. The third-order valence-electron chi connectivity index (χ3n) is 6.96. The topological polar surface area (TPSA) is 62.5 Å². The number of piperidine rings is 1. The molecule has 0 bridgehead atoms. The Hall–Kier alpha value is -2.55. The first-order chi connectivity index (χ1) is 16.8. The van der Waals surface area contributed by atoms with Crippen LogP contribution in [-0.4, -0.2) is 45.5 Å². The van der Waals surface area contributed by atoms with Crippen molar-refractivity contribution in [2.45, 2.75) is 39.0 Å². The van der Waals surface area contributed by atoms with Crippen LogP contribution in [0.2, 0.25) is 10.0 Å². The van der Waals surface area contributed by atoms with Crippen molar-refractivity contribution in [2.24, 2.45) is 13.0 Å². The quantitative estimate of drug-likeness (QED) is 0.453. The van der Waals surface area contributed by atoms with Crippen LogP contribution in [0.4, 0.5) is 13.2 Å². The molecule has 0 saturated carbocycles. The second-order valence-electron chi connectivity index (χ2n) is 9.31. The van der Waals surface area contributed by atoms with E-state index in [4.69, 9.17) is 23.2 Å². The van der Waals surface area contributed by atoms with Crippen molar-refractivity contribution < 1.29 is 27.9 Å². The molecule has 0 spiro atoms. The lowest BCUT2D eigenvalue weighted by molar-refractivity contribution is -0.137. The first-order valence-corrected chi connectivity index (χ1v) is 12.2. The van der Waals surface area contributed by atoms with Crippen molar-refractivity contribution in [3.05, 3.63) is 68.3 Å². The van der Waals surface area contributed by atoms with E-state index >= 15 is 0 Å². The largest absolute Gasteiger partial charge is 0.416 e. The maximum Gasteiger partial charge on any atom is 0.416 e. The molecule has 1 aliphatic heterocycles. The molecule has 2 aromatic carbocycles. The highest BCUT2D eigenvalue weighted by Gasteiger charge is 2.34. The second kappa shape index (κ2) is 9.72. The number of ketones is 1. The van der Waals surface area contributed by atoms with E-state index in [9.17, 15) is 27.9 Å². The van der Waals surface area contributed by atoms with Crippen molar-refractivity contribution in [1.82, 2.24) is 9.47 Å². The van der Waals surface area contributed by atoms with Gasteiger partial charge in [-0.1, -0.05) is 23.2 Å². The molecule has 1 amide bonds. The third-order valence-corrected chi connectivity index (χ3v) is 7.74. The van der Waals surface area contributed by atoms with Gasteiger partial charge in [-0.15, -0.1) is 0 Å². The number of likely N-dealkylation sites (tertiary alicyclic amines) is 1. The van der Waals surface area contributed by atoms with Gasteiger partial charge in [-0.25, -0.2) is 0 Å². The fraction of sp³-hybridized carbons (Fsp3) is 0.385. The monoisotopic (exact) mass is 540 g/mol. The molecule has 4 rings (SSSR count). The number of aryl methyl sites for hydroxylation is 2. The second-order valence-corrected chi connectivity index (χ2v) is 10.1. The number of rotatable bonds is 4. The Morgan fingerprint density at radius 3 is 2.50 bits per heavy atom. The van der Waals surface area contributed by atoms with Gasteiger partial charge in [-0.3, -0.25) is 9.59 Å². The number of aliphatic hydroxyl groups is 1. The Kier molecular flexibility index (Phi) is 7.16. The number of fused-ring (bicyclic) bond motifs is 1. The molecular weight excluding hydrogens is 516 g/mol. The number of halogens is 5. The molecule has 3 aromatic rings. The molecule has 0 radical (unpaired) electrons. The molecule has 1 N–H and O–H groups in total. The fourth-order valence-corrected chi connectivity index (χ4v) is 5.38. The maximum atomic E-state index is 13.3. The van der Waals surface area contributed by atoms with Crippen molar-refractivity contribution in [3.8, 4) is 0 Å². The molecule has 1 aromatic heterocycles. The molecule has 5 nitrogen and oxygen atoms in total. The van der Waals surface area contributed by atoms with Crippen LogP contribution in [0.1, 0.15) is 46.1 Å². The van der Waals surface area contributed by atoms with Crippen molar-refractivity contribution in [2.75, 3.05) is 13.1 Å².